The van der Waals surface area contributed by atoms with Crippen LogP contribution in [0, 0.1) is 6.92 Å². The smallest absolute Gasteiger partial charge is 0.264 e. The Morgan fingerprint density at radius 2 is 2.00 bits per heavy atom. The maximum absolute atomic E-state index is 12.8. The van der Waals surface area contributed by atoms with Crippen LogP contribution in [0.25, 0.3) is 16.7 Å². The van der Waals surface area contributed by atoms with Crippen LogP contribution in [-0.4, -0.2) is 42.7 Å². The predicted octanol–water partition coefficient (Wildman–Crippen LogP) is 2.29. The second kappa shape index (κ2) is 6.98. The number of aromatic nitrogens is 4. The highest BCUT2D eigenvalue weighted by atomic mass is 16.2. The monoisotopic (exact) mass is 365 g/mol. The molecule has 1 fully saturated rings. The molecule has 1 atom stereocenters. The minimum Gasteiger partial charge on any atom is -0.338 e. The number of benzene rings is 1. The van der Waals surface area contributed by atoms with Crippen LogP contribution in [0.3, 0.4) is 0 Å². The number of piperidine rings is 1. The fourth-order valence-electron chi connectivity index (χ4n) is 3.64. The van der Waals surface area contributed by atoms with Crippen LogP contribution in [0.4, 0.5) is 0 Å². The van der Waals surface area contributed by atoms with Gasteiger partial charge in [-0.25, -0.2) is 9.67 Å². The molecule has 27 heavy (non-hydrogen) atoms. The maximum atomic E-state index is 12.8. The first kappa shape index (κ1) is 17.5. The van der Waals surface area contributed by atoms with E-state index in [-0.39, 0.29) is 24.1 Å². The number of carbonyl (C=O) groups excluding carboxylic acids is 1. The van der Waals surface area contributed by atoms with Gasteiger partial charge in [-0.05, 0) is 45.2 Å². The molecule has 4 rings (SSSR count). The van der Waals surface area contributed by atoms with Gasteiger partial charge in [-0.3, -0.25) is 14.2 Å². The normalized spacial score (nSPS) is 17.4. The summed E-state index contributed by atoms with van der Waals surface area (Å²) in [5, 5.41) is 4.74. The lowest BCUT2D eigenvalue weighted by molar-refractivity contribution is -0.135. The van der Waals surface area contributed by atoms with Crippen LogP contribution >= 0.6 is 0 Å². The largest absolute Gasteiger partial charge is 0.338 e. The summed E-state index contributed by atoms with van der Waals surface area (Å²) < 4.78 is 3.03. The van der Waals surface area contributed by atoms with Crippen LogP contribution in [-0.2, 0) is 11.3 Å². The molecule has 0 N–H and O–H groups in total. The number of hydrogen-bond acceptors (Lipinski definition) is 4. The highest BCUT2D eigenvalue weighted by Gasteiger charge is 2.24. The highest BCUT2D eigenvalue weighted by Crippen LogP contribution is 2.17. The number of carbonyl (C=O) groups is 1. The first-order valence-electron chi connectivity index (χ1n) is 9.34. The Labute approximate surface area is 157 Å². The second-order valence-corrected chi connectivity index (χ2v) is 7.24. The summed E-state index contributed by atoms with van der Waals surface area (Å²) in [4.78, 5) is 31.7. The Morgan fingerprint density at radius 3 is 2.74 bits per heavy atom. The van der Waals surface area contributed by atoms with E-state index in [1.165, 1.54) is 17.1 Å². The van der Waals surface area contributed by atoms with Crippen LogP contribution in [0.1, 0.15) is 31.7 Å². The van der Waals surface area contributed by atoms with Crippen molar-refractivity contribution in [2.75, 3.05) is 6.54 Å². The third-order valence-corrected chi connectivity index (χ3v) is 5.26. The minimum atomic E-state index is -0.239. The molecule has 140 valence electrons. The second-order valence-electron chi connectivity index (χ2n) is 7.24. The molecule has 1 aromatic carbocycles. The molecule has 0 bridgehead atoms. The van der Waals surface area contributed by atoms with Crippen LogP contribution in [0.15, 0.2) is 41.6 Å². The van der Waals surface area contributed by atoms with Crippen LogP contribution in [0.5, 0.6) is 0 Å². The van der Waals surface area contributed by atoms with E-state index in [0.717, 1.165) is 37.1 Å². The van der Waals surface area contributed by atoms with Gasteiger partial charge in [0.2, 0.25) is 5.91 Å². The Hall–Kier alpha value is -2.96. The first-order chi connectivity index (χ1) is 13.0. The van der Waals surface area contributed by atoms with Gasteiger partial charge in [0.15, 0.2) is 5.65 Å². The van der Waals surface area contributed by atoms with E-state index in [4.69, 9.17) is 0 Å². The van der Waals surface area contributed by atoms with Gasteiger partial charge in [-0.2, -0.15) is 5.10 Å². The van der Waals surface area contributed by atoms with E-state index in [2.05, 4.69) is 17.0 Å². The molecule has 0 spiro atoms. The Morgan fingerprint density at radius 1 is 1.22 bits per heavy atom. The fourth-order valence-corrected chi connectivity index (χ4v) is 3.64. The summed E-state index contributed by atoms with van der Waals surface area (Å²) in [6.07, 6.45) is 6.15. The number of rotatable bonds is 3. The fraction of sp³-hybridized carbons (Fsp3) is 0.400. The van der Waals surface area contributed by atoms with Crippen molar-refractivity contribution in [3.05, 3.63) is 52.7 Å². The van der Waals surface area contributed by atoms with E-state index in [0.29, 0.717) is 11.0 Å². The van der Waals surface area contributed by atoms with Gasteiger partial charge in [-0.15, -0.1) is 0 Å². The molecule has 0 unspecified atom stereocenters. The van der Waals surface area contributed by atoms with Gasteiger partial charge in [-0.1, -0.05) is 17.7 Å². The number of amides is 1. The summed E-state index contributed by atoms with van der Waals surface area (Å²) in [7, 11) is 0. The van der Waals surface area contributed by atoms with E-state index in [9.17, 15) is 9.59 Å². The van der Waals surface area contributed by atoms with Crippen molar-refractivity contribution < 1.29 is 4.79 Å². The predicted molar refractivity (Wildman–Crippen MR) is 103 cm³/mol. The Bertz CT molecular complexity index is 1030. The van der Waals surface area contributed by atoms with Crippen LogP contribution < -0.4 is 5.56 Å². The van der Waals surface area contributed by atoms with Crippen molar-refractivity contribution in [3.63, 3.8) is 0 Å². The molecule has 1 aliphatic heterocycles. The molecule has 3 aromatic rings. The molecule has 1 saturated heterocycles. The Kier molecular flexibility index (Phi) is 4.51. The maximum Gasteiger partial charge on any atom is 0.264 e. The number of hydrogen-bond donors (Lipinski definition) is 0. The molecule has 0 saturated carbocycles. The summed E-state index contributed by atoms with van der Waals surface area (Å²) in [6, 6.07) is 8.08. The number of nitrogens with zero attached hydrogens (tertiary/aromatic N) is 5. The molecule has 1 aliphatic rings. The zero-order valence-electron chi connectivity index (χ0n) is 15.6. The topological polar surface area (TPSA) is 73.0 Å². The van der Waals surface area contributed by atoms with Crippen molar-refractivity contribution in [2.24, 2.45) is 0 Å². The van der Waals surface area contributed by atoms with Gasteiger partial charge in [0.1, 0.15) is 18.3 Å². The van der Waals surface area contributed by atoms with E-state index >= 15 is 0 Å². The van der Waals surface area contributed by atoms with Crippen molar-refractivity contribution >= 4 is 16.9 Å². The third-order valence-electron chi connectivity index (χ3n) is 5.26. The number of aryl methyl sites for hydroxylation is 1. The van der Waals surface area contributed by atoms with Gasteiger partial charge in [0.05, 0.1) is 11.9 Å². The van der Waals surface area contributed by atoms with Gasteiger partial charge >= 0.3 is 0 Å². The third kappa shape index (κ3) is 3.25. The average Bonchev–Trinajstić information content (AvgIpc) is 3.10. The highest BCUT2D eigenvalue weighted by molar-refractivity contribution is 5.78. The molecular formula is C20H23N5O2. The summed E-state index contributed by atoms with van der Waals surface area (Å²) >= 11 is 0. The zero-order valence-corrected chi connectivity index (χ0v) is 15.6. The average molecular weight is 365 g/mol. The van der Waals surface area contributed by atoms with Crippen LogP contribution in [0.2, 0.25) is 0 Å². The summed E-state index contributed by atoms with van der Waals surface area (Å²) in [5.74, 6) is -0.0311. The molecule has 7 nitrogen and oxygen atoms in total. The summed E-state index contributed by atoms with van der Waals surface area (Å²) in [5.41, 5.74) is 2.25. The minimum absolute atomic E-state index is 0.0157. The molecule has 7 heteroatoms. The molecule has 0 radical (unpaired) electrons. The lowest BCUT2D eigenvalue weighted by Gasteiger charge is -2.33. The SMILES string of the molecule is Cc1ccc(-n2ncc3c(=O)n(CC(=O)N4CCCC[C@@H]4C)cnc32)cc1. The number of likely N-dealkylation sites (tertiary alicyclic amines) is 1. The van der Waals surface area contributed by atoms with Crippen molar-refractivity contribution in [1.82, 2.24) is 24.2 Å². The molecule has 1 amide bonds. The molecule has 3 heterocycles. The lowest BCUT2D eigenvalue weighted by Crippen LogP contribution is -2.44. The van der Waals surface area contributed by atoms with Crippen molar-refractivity contribution in [3.8, 4) is 5.69 Å². The molecular weight excluding hydrogens is 342 g/mol. The van der Waals surface area contributed by atoms with Crippen molar-refractivity contribution in [2.45, 2.75) is 45.7 Å². The molecule has 2 aromatic heterocycles. The zero-order chi connectivity index (χ0) is 19.0. The molecule has 0 aliphatic carbocycles. The standard InChI is InChI=1S/C20H23N5O2/c1-14-6-8-16(9-7-14)25-19-17(11-22-25)20(27)23(13-21-19)12-18(26)24-10-4-3-5-15(24)2/h6-9,11,13,15H,3-5,10,12H2,1-2H3/t15-/m0/s1. The van der Waals surface area contributed by atoms with E-state index in [1.54, 1.807) is 4.68 Å². The van der Waals surface area contributed by atoms with Crippen molar-refractivity contribution in [1.29, 1.82) is 0 Å². The lowest BCUT2D eigenvalue weighted by atomic mass is 10.0. The first-order valence-corrected chi connectivity index (χ1v) is 9.34. The Balaban J connectivity index is 1.64. The summed E-state index contributed by atoms with van der Waals surface area (Å²) in [6.45, 7) is 4.85. The van der Waals surface area contributed by atoms with Gasteiger partial charge in [0.25, 0.3) is 5.56 Å². The van der Waals surface area contributed by atoms with Gasteiger partial charge in [0, 0.05) is 12.6 Å². The number of fused-ring (bicyclic) bond motifs is 1. The van der Waals surface area contributed by atoms with E-state index in [1.807, 2.05) is 36.1 Å². The quantitative estimate of drug-likeness (QED) is 0.714. The van der Waals surface area contributed by atoms with E-state index < -0.39 is 0 Å². The van der Waals surface area contributed by atoms with Gasteiger partial charge < -0.3 is 4.90 Å².